The maximum Gasteiger partial charge on any atom is 0.258 e. The molecule has 1 unspecified atom stereocenters. The number of rotatable bonds is 6. The van der Waals surface area contributed by atoms with E-state index < -0.39 is 29.5 Å². The van der Waals surface area contributed by atoms with Crippen molar-refractivity contribution in [2.45, 2.75) is 19.9 Å². The Hall–Kier alpha value is -2.96. The van der Waals surface area contributed by atoms with E-state index in [1.807, 2.05) is 26.0 Å². The topological polar surface area (TPSA) is 67.4 Å². The standard InChI is InChI=1S/C19H20F2N2O3/c1-11-4-7-16(12(2)8-11)26-10-17(24)23-18(19(25)22-3)13-5-6-14(20)15(21)9-13/h4-9,18H,10H2,1-3H3,(H,22,25)(H,23,24). The summed E-state index contributed by atoms with van der Waals surface area (Å²) < 4.78 is 32.0. The van der Waals surface area contributed by atoms with Crippen molar-refractivity contribution in [3.8, 4) is 5.75 Å². The quantitative estimate of drug-likeness (QED) is 0.830. The van der Waals surface area contributed by atoms with E-state index in [4.69, 9.17) is 4.74 Å². The average molecular weight is 362 g/mol. The molecule has 0 aromatic heterocycles. The molecule has 2 aromatic rings. The van der Waals surface area contributed by atoms with E-state index in [0.29, 0.717) is 5.75 Å². The zero-order chi connectivity index (χ0) is 19.3. The van der Waals surface area contributed by atoms with Gasteiger partial charge in [-0.15, -0.1) is 0 Å². The SMILES string of the molecule is CNC(=O)C(NC(=O)COc1ccc(C)cc1C)c1ccc(F)c(F)c1. The van der Waals surface area contributed by atoms with Crippen LogP contribution in [0.15, 0.2) is 36.4 Å². The van der Waals surface area contributed by atoms with Gasteiger partial charge in [-0.05, 0) is 43.2 Å². The van der Waals surface area contributed by atoms with Gasteiger partial charge in [-0.25, -0.2) is 8.78 Å². The van der Waals surface area contributed by atoms with Crippen molar-refractivity contribution in [3.63, 3.8) is 0 Å². The first-order valence-electron chi connectivity index (χ1n) is 7.97. The molecule has 0 radical (unpaired) electrons. The first-order chi connectivity index (χ1) is 12.3. The van der Waals surface area contributed by atoms with Gasteiger partial charge in [0.2, 0.25) is 5.91 Å². The van der Waals surface area contributed by atoms with Crippen molar-refractivity contribution in [3.05, 3.63) is 64.7 Å². The smallest absolute Gasteiger partial charge is 0.258 e. The number of hydrogen-bond acceptors (Lipinski definition) is 3. The lowest BCUT2D eigenvalue weighted by Gasteiger charge is -2.18. The van der Waals surface area contributed by atoms with Crippen LogP contribution < -0.4 is 15.4 Å². The molecule has 2 aromatic carbocycles. The van der Waals surface area contributed by atoms with E-state index in [-0.39, 0.29) is 12.2 Å². The van der Waals surface area contributed by atoms with Crippen molar-refractivity contribution >= 4 is 11.8 Å². The van der Waals surface area contributed by atoms with Gasteiger partial charge < -0.3 is 15.4 Å². The van der Waals surface area contributed by atoms with Gasteiger partial charge in [-0.2, -0.15) is 0 Å². The summed E-state index contributed by atoms with van der Waals surface area (Å²) in [4.78, 5) is 24.2. The number of hydrogen-bond donors (Lipinski definition) is 2. The van der Waals surface area contributed by atoms with Crippen molar-refractivity contribution in [2.75, 3.05) is 13.7 Å². The minimum Gasteiger partial charge on any atom is -0.484 e. The number of halogens is 2. The lowest BCUT2D eigenvalue weighted by Crippen LogP contribution is -2.41. The Morgan fingerprint density at radius 2 is 1.81 bits per heavy atom. The summed E-state index contributed by atoms with van der Waals surface area (Å²) >= 11 is 0. The van der Waals surface area contributed by atoms with Crippen LogP contribution in [0.4, 0.5) is 8.78 Å². The van der Waals surface area contributed by atoms with Crippen molar-refractivity contribution in [2.24, 2.45) is 0 Å². The highest BCUT2D eigenvalue weighted by Gasteiger charge is 2.23. The zero-order valence-corrected chi connectivity index (χ0v) is 14.7. The molecule has 0 bridgehead atoms. The van der Waals surface area contributed by atoms with Gasteiger partial charge in [-0.1, -0.05) is 23.8 Å². The van der Waals surface area contributed by atoms with E-state index in [2.05, 4.69) is 10.6 Å². The summed E-state index contributed by atoms with van der Waals surface area (Å²) in [7, 11) is 1.38. The highest BCUT2D eigenvalue weighted by molar-refractivity contribution is 5.89. The number of carbonyl (C=O) groups is 2. The van der Waals surface area contributed by atoms with Crippen LogP contribution in [0.1, 0.15) is 22.7 Å². The van der Waals surface area contributed by atoms with Gasteiger partial charge in [0.1, 0.15) is 11.8 Å². The van der Waals surface area contributed by atoms with E-state index in [0.717, 1.165) is 23.3 Å². The molecule has 0 fully saturated rings. The molecule has 0 aliphatic heterocycles. The summed E-state index contributed by atoms with van der Waals surface area (Å²) in [6.45, 7) is 3.48. The Bertz CT molecular complexity index is 824. The van der Waals surface area contributed by atoms with Crippen molar-refractivity contribution in [1.82, 2.24) is 10.6 Å². The summed E-state index contributed by atoms with van der Waals surface area (Å²) in [5.74, 6) is -2.71. The molecule has 138 valence electrons. The fourth-order valence-corrected chi connectivity index (χ4v) is 2.44. The molecule has 0 aliphatic rings. The fraction of sp³-hybridized carbons (Fsp3) is 0.263. The normalized spacial score (nSPS) is 11.6. The minimum absolute atomic E-state index is 0.128. The molecule has 0 saturated heterocycles. The lowest BCUT2D eigenvalue weighted by molar-refractivity contribution is -0.129. The predicted octanol–water partition coefficient (Wildman–Crippen LogP) is 2.56. The van der Waals surface area contributed by atoms with Crippen molar-refractivity contribution < 1.29 is 23.1 Å². The second-order valence-electron chi connectivity index (χ2n) is 5.85. The minimum atomic E-state index is -1.16. The molecule has 1 atom stereocenters. The number of benzene rings is 2. The van der Waals surface area contributed by atoms with E-state index in [1.54, 1.807) is 6.07 Å². The van der Waals surface area contributed by atoms with Crippen molar-refractivity contribution in [1.29, 1.82) is 0 Å². The maximum atomic E-state index is 13.4. The number of aryl methyl sites for hydroxylation is 2. The van der Waals surface area contributed by atoms with Gasteiger partial charge in [-0.3, -0.25) is 9.59 Å². The molecular weight excluding hydrogens is 342 g/mol. The Labute approximate surface area is 150 Å². The predicted molar refractivity (Wildman–Crippen MR) is 92.7 cm³/mol. The summed E-state index contributed by atoms with van der Waals surface area (Å²) in [5, 5.41) is 4.85. The Morgan fingerprint density at radius 1 is 1.08 bits per heavy atom. The molecule has 2 N–H and O–H groups in total. The van der Waals surface area contributed by atoms with Crippen LogP contribution >= 0.6 is 0 Å². The summed E-state index contributed by atoms with van der Waals surface area (Å²) in [6, 6.07) is 7.38. The molecule has 2 rings (SSSR count). The fourth-order valence-electron chi connectivity index (χ4n) is 2.44. The maximum absolute atomic E-state index is 13.4. The highest BCUT2D eigenvalue weighted by Crippen LogP contribution is 2.19. The molecule has 2 amide bonds. The molecular formula is C19H20F2N2O3. The third kappa shape index (κ3) is 4.78. The van der Waals surface area contributed by atoms with Gasteiger partial charge in [0.25, 0.3) is 5.91 Å². The Morgan fingerprint density at radius 3 is 2.42 bits per heavy atom. The van der Waals surface area contributed by atoms with Gasteiger partial charge in [0.15, 0.2) is 18.2 Å². The average Bonchev–Trinajstić information content (AvgIpc) is 2.60. The second kappa shape index (κ2) is 8.42. The number of likely N-dealkylation sites (N-methyl/N-ethyl adjacent to an activating group) is 1. The van der Waals surface area contributed by atoms with Gasteiger partial charge >= 0.3 is 0 Å². The Balaban J connectivity index is 2.08. The first-order valence-corrected chi connectivity index (χ1v) is 7.97. The molecule has 0 saturated carbocycles. The lowest BCUT2D eigenvalue weighted by atomic mass is 10.1. The molecule has 7 heteroatoms. The van der Waals surface area contributed by atoms with Crippen LogP contribution in [0, 0.1) is 25.5 Å². The molecule has 26 heavy (non-hydrogen) atoms. The molecule has 0 spiro atoms. The molecule has 0 heterocycles. The number of ether oxygens (including phenoxy) is 1. The van der Waals surface area contributed by atoms with Gasteiger partial charge in [0, 0.05) is 7.05 Å². The zero-order valence-electron chi connectivity index (χ0n) is 14.7. The van der Waals surface area contributed by atoms with Crippen LogP contribution in [-0.2, 0) is 9.59 Å². The van der Waals surface area contributed by atoms with Crippen LogP contribution in [0.2, 0.25) is 0 Å². The second-order valence-corrected chi connectivity index (χ2v) is 5.85. The largest absolute Gasteiger partial charge is 0.484 e. The van der Waals surface area contributed by atoms with E-state index in [9.17, 15) is 18.4 Å². The van der Waals surface area contributed by atoms with Crippen LogP contribution in [-0.4, -0.2) is 25.5 Å². The summed E-state index contributed by atoms with van der Waals surface area (Å²) in [5.41, 5.74) is 2.07. The number of nitrogens with one attached hydrogen (secondary N) is 2. The third-order valence-electron chi connectivity index (χ3n) is 3.78. The van der Waals surface area contributed by atoms with Crippen LogP contribution in [0.3, 0.4) is 0 Å². The number of carbonyl (C=O) groups excluding carboxylic acids is 2. The number of amides is 2. The first kappa shape index (κ1) is 19.4. The van der Waals surface area contributed by atoms with Gasteiger partial charge in [0.05, 0.1) is 0 Å². The molecule has 0 aliphatic carbocycles. The van der Waals surface area contributed by atoms with Crippen LogP contribution in [0.25, 0.3) is 0 Å². The Kier molecular flexibility index (Phi) is 6.27. The third-order valence-corrected chi connectivity index (χ3v) is 3.78. The van der Waals surface area contributed by atoms with E-state index in [1.165, 1.54) is 13.1 Å². The highest BCUT2D eigenvalue weighted by atomic mass is 19.2. The van der Waals surface area contributed by atoms with E-state index >= 15 is 0 Å². The monoisotopic (exact) mass is 362 g/mol. The summed E-state index contributed by atoms with van der Waals surface area (Å²) in [6.07, 6.45) is 0. The molecule has 5 nitrogen and oxygen atoms in total. The van der Waals surface area contributed by atoms with Crippen LogP contribution in [0.5, 0.6) is 5.75 Å².